The van der Waals surface area contributed by atoms with Gasteiger partial charge in [0.15, 0.2) is 0 Å². The third kappa shape index (κ3) is 3.11. The summed E-state index contributed by atoms with van der Waals surface area (Å²) in [6, 6.07) is 10.3. The molecule has 88 valence electrons. The zero-order valence-corrected chi connectivity index (χ0v) is 9.73. The lowest BCUT2D eigenvalue weighted by Crippen LogP contribution is -2.13. The van der Waals surface area contributed by atoms with Gasteiger partial charge in [-0.15, -0.1) is 0 Å². The number of nitrogens with zero attached hydrogens (tertiary/aromatic N) is 1. The van der Waals surface area contributed by atoms with Gasteiger partial charge in [-0.1, -0.05) is 12.1 Å². The van der Waals surface area contributed by atoms with Gasteiger partial charge in [-0.05, 0) is 48.7 Å². The van der Waals surface area contributed by atoms with Crippen molar-refractivity contribution in [3.63, 3.8) is 0 Å². The van der Waals surface area contributed by atoms with E-state index in [0.29, 0.717) is 6.42 Å². The van der Waals surface area contributed by atoms with Gasteiger partial charge in [0.25, 0.3) is 0 Å². The second-order valence-corrected chi connectivity index (χ2v) is 4.17. The Morgan fingerprint density at radius 1 is 1.24 bits per heavy atom. The molecule has 2 rings (SSSR count). The predicted molar refractivity (Wildman–Crippen MR) is 66.0 cm³/mol. The van der Waals surface area contributed by atoms with Crippen LogP contribution in [-0.4, -0.2) is 4.98 Å². The topological polar surface area (TPSA) is 38.9 Å². The first-order valence-corrected chi connectivity index (χ1v) is 5.58. The Labute approximate surface area is 100 Å². The van der Waals surface area contributed by atoms with Crippen LogP contribution in [0.2, 0.25) is 0 Å². The van der Waals surface area contributed by atoms with Crippen molar-refractivity contribution in [2.45, 2.75) is 19.4 Å². The Kier molecular flexibility index (Phi) is 3.49. The lowest BCUT2D eigenvalue weighted by molar-refractivity contribution is 0.625. The second kappa shape index (κ2) is 5.06. The number of nitrogens with two attached hydrogens (primary N) is 1. The molecule has 2 N–H and O–H groups in total. The highest BCUT2D eigenvalue weighted by Crippen LogP contribution is 2.16. The molecule has 0 aliphatic carbocycles. The fourth-order valence-corrected chi connectivity index (χ4v) is 1.79. The maximum atomic E-state index is 12.8. The van der Waals surface area contributed by atoms with Crippen LogP contribution in [0.25, 0.3) is 0 Å². The zero-order chi connectivity index (χ0) is 12.3. The molecule has 3 heteroatoms. The van der Waals surface area contributed by atoms with Crippen molar-refractivity contribution in [2.24, 2.45) is 5.73 Å². The van der Waals surface area contributed by atoms with Crippen molar-refractivity contribution >= 4 is 0 Å². The van der Waals surface area contributed by atoms with Gasteiger partial charge in [-0.3, -0.25) is 4.98 Å². The largest absolute Gasteiger partial charge is 0.324 e. The molecular formula is C14H15FN2. The first-order valence-electron chi connectivity index (χ1n) is 5.58. The van der Waals surface area contributed by atoms with Gasteiger partial charge in [0.05, 0.1) is 0 Å². The summed E-state index contributed by atoms with van der Waals surface area (Å²) in [5.74, 6) is -0.220. The number of benzene rings is 1. The maximum Gasteiger partial charge on any atom is 0.123 e. The predicted octanol–water partition coefficient (Wildman–Crippen LogP) is 2.77. The quantitative estimate of drug-likeness (QED) is 0.880. The molecule has 0 bridgehead atoms. The zero-order valence-electron chi connectivity index (χ0n) is 9.73. The second-order valence-electron chi connectivity index (χ2n) is 4.17. The Balaban J connectivity index is 2.11. The van der Waals surface area contributed by atoms with E-state index in [-0.39, 0.29) is 11.9 Å². The lowest BCUT2D eigenvalue weighted by atomic mass is 10.00. The van der Waals surface area contributed by atoms with Crippen LogP contribution in [0.1, 0.15) is 22.9 Å². The van der Waals surface area contributed by atoms with Crippen molar-refractivity contribution in [1.29, 1.82) is 0 Å². The van der Waals surface area contributed by atoms with Gasteiger partial charge >= 0.3 is 0 Å². The number of halogens is 1. The first-order chi connectivity index (χ1) is 8.15. The van der Waals surface area contributed by atoms with Gasteiger partial charge < -0.3 is 5.73 Å². The van der Waals surface area contributed by atoms with Gasteiger partial charge in [-0.2, -0.15) is 0 Å². The van der Waals surface area contributed by atoms with Crippen molar-refractivity contribution in [3.8, 4) is 0 Å². The van der Waals surface area contributed by atoms with Crippen LogP contribution in [-0.2, 0) is 6.42 Å². The van der Waals surface area contributed by atoms with Gasteiger partial charge in [0, 0.05) is 17.9 Å². The number of rotatable bonds is 3. The lowest BCUT2D eigenvalue weighted by Gasteiger charge is -2.12. The summed E-state index contributed by atoms with van der Waals surface area (Å²) in [7, 11) is 0. The summed E-state index contributed by atoms with van der Waals surface area (Å²) in [6.45, 7) is 1.94. The van der Waals surface area contributed by atoms with Crippen LogP contribution in [0.5, 0.6) is 0 Å². The van der Waals surface area contributed by atoms with Crippen molar-refractivity contribution in [2.75, 3.05) is 0 Å². The minimum atomic E-state index is -0.220. The molecule has 0 aliphatic rings. The van der Waals surface area contributed by atoms with Crippen LogP contribution in [0.3, 0.4) is 0 Å². The molecule has 1 aromatic heterocycles. The van der Waals surface area contributed by atoms with Gasteiger partial charge in [-0.25, -0.2) is 4.39 Å². The monoisotopic (exact) mass is 230 g/mol. The highest BCUT2D eigenvalue weighted by Gasteiger charge is 2.07. The third-order valence-corrected chi connectivity index (χ3v) is 2.72. The van der Waals surface area contributed by atoms with Crippen molar-refractivity contribution in [3.05, 3.63) is 65.2 Å². The van der Waals surface area contributed by atoms with E-state index in [1.165, 1.54) is 12.1 Å². The first kappa shape index (κ1) is 11.7. The smallest absolute Gasteiger partial charge is 0.123 e. The molecule has 1 aromatic carbocycles. The van der Waals surface area contributed by atoms with E-state index in [0.717, 1.165) is 16.8 Å². The van der Waals surface area contributed by atoms with Gasteiger partial charge in [0.2, 0.25) is 0 Å². The third-order valence-electron chi connectivity index (χ3n) is 2.72. The Morgan fingerprint density at radius 2 is 1.94 bits per heavy atom. The Hall–Kier alpha value is -1.74. The minimum Gasteiger partial charge on any atom is -0.324 e. The fourth-order valence-electron chi connectivity index (χ4n) is 1.79. The van der Waals surface area contributed by atoms with Gasteiger partial charge in [0.1, 0.15) is 5.82 Å². The van der Waals surface area contributed by atoms with Crippen LogP contribution >= 0.6 is 0 Å². The molecule has 1 unspecified atom stereocenters. The molecule has 0 radical (unpaired) electrons. The average Bonchev–Trinajstić information content (AvgIpc) is 2.32. The number of aromatic nitrogens is 1. The summed E-state index contributed by atoms with van der Waals surface area (Å²) in [5, 5.41) is 0. The Morgan fingerprint density at radius 3 is 2.59 bits per heavy atom. The maximum absolute atomic E-state index is 12.8. The summed E-state index contributed by atoms with van der Waals surface area (Å²) in [6.07, 6.45) is 2.46. The molecule has 1 heterocycles. The average molecular weight is 230 g/mol. The van der Waals surface area contributed by atoms with Crippen LogP contribution in [0.4, 0.5) is 4.39 Å². The van der Waals surface area contributed by atoms with E-state index < -0.39 is 0 Å². The summed E-state index contributed by atoms with van der Waals surface area (Å²) in [5.41, 5.74) is 9.16. The molecule has 2 nitrogen and oxygen atoms in total. The molecule has 0 spiro atoms. The van der Waals surface area contributed by atoms with Crippen LogP contribution in [0.15, 0.2) is 42.6 Å². The van der Waals surface area contributed by atoms with E-state index >= 15 is 0 Å². The molecule has 0 saturated carbocycles. The molecule has 0 amide bonds. The number of hydrogen-bond donors (Lipinski definition) is 1. The summed E-state index contributed by atoms with van der Waals surface area (Å²) in [4.78, 5) is 4.14. The highest BCUT2D eigenvalue weighted by molar-refractivity contribution is 5.23. The molecule has 2 aromatic rings. The van der Waals surface area contributed by atoms with E-state index in [2.05, 4.69) is 4.98 Å². The normalized spacial score (nSPS) is 12.4. The highest BCUT2D eigenvalue weighted by atomic mass is 19.1. The molecular weight excluding hydrogens is 215 g/mol. The summed E-state index contributed by atoms with van der Waals surface area (Å²) >= 11 is 0. The number of aryl methyl sites for hydroxylation is 1. The molecule has 0 aliphatic heterocycles. The standard InChI is InChI=1S/C14H15FN2/c1-10-8-12(6-7-17-10)14(16)9-11-2-4-13(15)5-3-11/h2-8,14H,9,16H2,1H3. The fraction of sp³-hybridized carbons (Fsp3) is 0.214. The molecule has 17 heavy (non-hydrogen) atoms. The van der Waals surface area contributed by atoms with E-state index in [1.807, 2.05) is 19.1 Å². The number of pyridine rings is 1. The van der Waals surface area contributed by atoms with Crippen molar-refractivity contribution < 1.29 is 4.39 Å². The minimum absolute atomic E-state index is 0.0813. The van der Waals surface area contributed by atoms with E-state index in [1.54, 1.807) is 18.3 Å². The molecule has 0 fully saturated rings. The number of hydrogen-bond acceptors (Lipinski definition) is 2. The van der Waals surface area contributed by atoms with E-state index in [4.69, 9.17) is 5.73 Å². The van der Waals surface area contributed by atoms with Crippen molar-refractivity contribution in [1.82, 2.24) is 4.98 Å². The van der Waals surface area contributed by atoms with Crippen LogP contribution < -0.4 is 5.73 Å². The van der Waals surface area contributed by atoms with Crippen LogP contribution in [0, 0.1) is 12.7 Å². The van der Waals surface area contributed by atoms with E-state index in [9.17, 15) is 4.39 Å². The Bertz CT molecular complexity index is 494. The molecule has 1 atom stereocenters. The SMILES string of the molecule is Cc1cc(C(N)Cc2ccc(F)cc2)ccn1. The summed E-state index contributed by atoms with van der Waals surface area (Å²) < 4.78 is 12.8. The molecule has 0 saturated heterocycles.